The van der Waals surface area contributed by atoms with Crippen molar-refractivity contribution < 1.29 is 14.9 Å². The van der Waals surface area contributed by atoms with Gasteiger partial charge in [-0.15, -0.1) is 13.2 Å². The lowest BCUT2D eigenvalue weighted by atomic mass is 10.00. The molecule has 0 aliphatic carbocycles. The van der Waals surface area contributed by atoms with Crippen LogP contribution in [0.3, 0.4) is 0 Å². The Morgan fingerprint density at radius 2 is 1.10 bits per heavy atom. The molecule has 0 saturated carbocycles. The van der Waals surface area contributed by atoms with E-state index in [1.54, 1.807) is 24.3 Å². The highest BCUT2D eigenvalue weighted by atomic mass is 16.5. The van der Waals surface area contributed by atoms with Crippen LogP contribution in [0.2, 0.25) is 0 Å². The van der Waals surface area contributed by atoms with Gasteiger partial charge in [0.25, 0.3) is 0 Å². The molecule has 3 nitrogen and oxygen atoms in total. The molecule has 4 aromatic rings. The number of ether oxygens (including phenoxy) is 1. The van der Waals surface area contributed by atoms with E-state index in [-0.39, 0.29) is 11.5 Å². The van der Waals surface area contributed by atoms with Crippen LogP contribution in [-0.4, -0.2) is 10.2 Å². The van der Waals surface area contributed by atoms with Crippen LogP contribution in [0.25, 0.3) is 21.5 Å². The molecule has 0 unspecified atom stereocenters. The van der Waals surface area contributed by atoms with Gasteiger partial charge in [-0.05, 0) is 35.7 Å². The zero-order valence-corrected chi connectivity index (χ0v) is 16.1. The number of hydrogen-bond acceptors (Lipinski definition) is 3. The molecule has 4 aromatic carbocycles. The summed E-state index contributed by atoms with van der Waals surface area (Å²) in [5.41, 5.74) is 1.33. The normalized spacial score (nSPS) is 10.9. The lowest BCUT2D eigenvalue weighted by molar-refractivity contribution is 0.440. The zero-order valence-electron chi connectivity index (χ0n) is 16.1. The Morgan fingerprint density at radius 3 is 1.52 bits per heavy atom. The Morgan fingerprint density at radius 1 is 0.690 bits per heavy atom. The van der Waals surface area contributed by atoms with Gasteiger partial charge in [0.1, 0.15) is 23.0 Å². The second kappa shape index (κ2) is 7.72. The molecule has 0 aromatic heterocycles. The first kappa shape index (κ1) is 18.6. The van der Waals surface area contributed by atoms with Crippen molar-refractivity contribution in [3.63, 3.8) is 0 Å². The van der Waals surface area contributed by atoms with E-state index in [1.807, 2.05) is 48.5 Å². The van der Waals surface area contributed by atoms with Crippen molar-refractivity contribution in [1.82, 2.24) is 0 Å². The fraction of sp³-hybridized carbons (Fsp3) is 0.0769. The molecule has 0 fully saturated rings. The summed E-state index contributed by atoms with van der Waals surface area (Å²) in [6, 6.07) is 19.0. The van der Waals surface area contributed by atoms with Crippen LogP contribution in [0, 0.1) is 0 Å². The molecule has 144 valence electrons. The predicted octanol–water partition coefficient (Wildman–Crippen LogP) is 6.65. The molecule has 2 N–H and O–H groups in total. The van der Waals surface area contributed by atoms with Gasteiger partial charge in [0.05, 0.1) is 0 Å². The molecule has 0 radical (unpaired) electrons. The van der Waals surface area contributed by atoms with E-state index in [0.717, 1.165) is 21.5 Å². The summed E-state index contributed by atoms with van der Waals surface area (Å²) in [4.78, 5) is 0. The largest absolute Gasteiger partial charge is 0.507 e. The van der Waals surface area contributed by atoms with Crippen LogP contribution in [0.1, 0.15) is 11.1 Å². The zero-order chi connectivity index (χ0) is 20.4. The summed E-state index contributed by atoms with van der Waals surface area (Å²) in [6.45, 7) is 7.63. The SMILES string of the molecule is C=CCc1c(O)cc2ccccc2c1Oc1c(CC=C)c(O)cc2ccccc12. The number of allylic oxidation sites excluding steroid dienone is 2. The molecule has 0 bridgehead atoms. The highest BCUT2D eigenvalue weighted by Gasteiger charge is 2.19. The second-order valence-corrected chi connectivity index (χ2v) is 6.94. The van der Waals surface area contributed by atoms with Gasteiger partial charge in [0, 0.05) is 21.9 Å². The van der Waals surface area contributed by atoms with Crippen LogP contribution in [-0.2, 0) is 12.8 Å². The maximum Gasteiger partial charge on any atom is 0.142 e. The number of phenolic OH excluding ortho intramolecular Hbond substituents is 2. The number of aromatic hydroxyl groups is 2. The van der Waals surface area contributed by atoms with Crippen molar-refractivity contribution in [2.75, 3.05) is 0 Å². The molecule has 3 heteroatoms. The molecular weight excluding hydrogens is 360 g/mol. The third kappa shape index (κ3) is 3.32. The van der Waals surface area contributed by atoms with Gasteiger partial charge in [-0.2, -0.15) is 0 Å². The first-order valence-corrected chi connectivity index (χ1v) is 9.50. The number of fused-ring (bicyclic) bond motifs is 2. The molecule has 0 aliphatic rings. The van der Waals surface area contributed by atoms with E-state index >= 15 is 0 Å². The minimum atomic E-state index is 0.160. The average molecular weight is 382 g/mol. The van der Waals surface area contributed by atoms with Crippen LogP contribution in [0.4, 0.5) is 0 Å². The van der Waals surface area contributed by atoms with Crippen molar-refractivity contribution in [3.8, 4) is 23.0 Å². The van der Waals surface area contributed by atoms with Crippen LogP contribution < -0.4 is 4.74 Å². The Bertz CT molecular complexity index is 1140. The quantitative estimate of drug-likeness (QED) is 0.367. The molecule has 0 heterocycles. The molecule has 0 aliphatic heterocycles. The molecule has 0 atom stereocenters. The van der Waals surface area contributed by atoms with Crippen molar-refractivity contribution in [2.45, 2.75) is 12.8 Å². The summed E-state index contributed by atoms with van der Waals surface area (Å²) in [6.07, 6.45) is 4.39. The van der Waals surface area contributed by atoms with E-state index in [2.05, 4.69) is 13.2 Å². The summed E-state index contributed by atoms with van der Waals surface area (Å²) in [5, 5.41) is 24.8. The summed E-state index contributed by atoms with van der Waals surface area (Å²) < 4.78 is 6.52. The summed E-state index contributed by atoms with van der Waals surface area (Å²) >= 11 is 0. The Balaban J connectivity index is 2.04. The van der Waals surface area contributed by atoms with Crippen LogP contribution in [0.15, 0.2) is 86.0 Å². The second-order valence-electron chi connectivity index (χ2n) is 6.94. The van der Waals surface area contributed by atoms with Crippen molar-refractivity contribution in [1.29, 1.82) is 0 Å². The Kier molecular flexibility index (Phi) is 4.96. The third-order valence-corrected chi connectivity index (χ3v) is 5.06. The Hall–Kier alpha value is -3.72. The third-order valence-electron chi connectivity index (χ3n) is 5.06. The standard InChI is InChI=1S/C26H22O3/c1-3-9-21-23(27)15-17-11-5-7-13-19(17)25(21)29-26-20-14-8-6-12-18(20)16-24(28)22(26)10-4-2/h3-8,11-16,27-28H,1-2,9-10H2. The molecule has 4 rings (SSSR count). The highest BCUT2D eigenvalue weighted by Crippen LogP contribution is 2.44. The fourth-order valence-corrected chi connectivity index (χ4v) is 3.70. The fourth-order valence-electron chi connectivity index (χ4n) is 3.70. The first-order chi connectivity index (χ1) is 14.1. The van der Waals surface area contributed by atoms with E-state index in [9.17, 15) is 10.2 Å². The lowest BCUT2D eigenvalue weighted by Gasteiger charge is -2.19. The van der Waals surface area contributed by atoms with Crippen molar-refractivity contribution >= 4 is 21.5 Å². The molecule has 0 spiro atoms. The van der Waals surface area contributed by atoms with Gasteiger partial charge in [0.15, 0.2) is 0 Å². The van der Waals surface area contributed by atoms with Gasteiger partial charge >= 0.3 is 0 Å². The monoisotopic (exact) mass is 382 g/mol. The highest BCUT2D eigenvalue weighted by molar-refractivity contribution is 5.95. The van der Waals surface area contributed by atoms with Gasteiger partial charge in [-0.3, -0.25) is 0 Å². The minimum Gasteiger partial charge on any atom is -0.507 e. The van der Waals surface area contributed by atoms with Crippen molar-refractivity contribution in [2.24, 2.45) is 0 Å². The smallest absolute Gasteiger partial charge is 0.142 e. The lowest BCUT2D eigenvalue weighted by Crippen LogP contribution is -1.98. The van der Waals surface area contributed by atoms with E-state index in [4.69, 9.17) is 4.74 Å². The predicted molar refractivity (Wildman–Crippen MR) is 119 cm³/mol. The van der Waals surface area contributed by atoms with Gasteiger partial charge in [-0.25, -0.2) is 0 Å². The number of benzene rings is 4. The van der Waals surface area contributed by atoms with Crippen LogP contribution in [0.5, 0.6) is 23.0 Å². The summed E-state index contributed by atoms with van der Waals surface area (Å²) in [7, 11) is 0. The van der Waals surface area contributed by atoms with Gasteiger partial charge < -0.3 is 14.9 Å². The first-order valence-electron chi connectivity index (χ1n) is 9.50. The number of rotatable bonds is 6. The maximum absolute atomic E-state index is 10.6. The van der Waals surface area contributed by atoms with E-state index in [0.29, 0.717) is 35.5 Å². The average Bonchev–Trinajstić information content (AvgIpc) is 2.72. The number of hydrogen-bond donors (Lipinski definition) is 2. The molecular formula is C26H22O3. The van der Waals surface area contributed by atoms with Crippen LogP contribution >= 0.6 is 0 Å². The topological polar surface area (TPSA) is 49.7 Å². The number of phenols is 2. The molecule has 29 heavy (non-hydrogen) atoms. The summed E-state index contributed by atoms with van der Waals surface area (Å²) in [5.74, 6) is 1.46. The van der Waals surface area contributed by atoms with Gasteiger partial charge in [-0.1, -0.05) is 60.7 Å². The maximum atomic E-state index is 10.6. The molecule has 0 saturated heterocycles. The Labute approximate surface area is 169 Å². The molecule has 0 amide bonds. The minimum absolute atomic E-state index is 0.160. The van der Waals surface area contributed by atoms with E-state index in [1.165, 1.54) is 0 Å². The van der Waals surface area contributed by atoms with Crippen molar-refractivity contribution in [3.05, 3.63) is 97.1 Å². The van der Waals surface area contributed by atoms with Gasteiger partial charge in [0.2, 0.25) is 0 Å². The van der Waals surface area contributed by atoms with E-state index < -0.39 is 0 Å².